The Hall–Kier alpha value is -4.97. The van der Waals surface area contributed by atoms with Crippen molar-refractivity contribution < 1.29 is 37.8 Å². The predicted molar refractivity (Wildman–Crippen MR) is 149 cm³/mol. The highest BCUT2D eigenvalue weighted by atomic mass is 35.5. The van der Waals surface area contributed by atoms with E-state index in [4.69, 9.17) is 21.1 Å². The van der Waals surface area contributed by atoms with Crippen molar-refractivity contribution >= 4 is 46.9 Å². The standard InChI is InChI=1S/C29H26ClFN4O7/c1-18(36)41-11-12-42-22-9-10-23(24(30)14-22)29(40)35-17-27(38)34(15-20-5-2-3-8-25(20)35)16-26(37)32-33-28(39)19-6-4-7-21(31)13-19/h2-10,13-14H,11-12,15-17H2,1H3,(H,32,37)(H,33,39). The average molecular weight is 597 g/mol. The van der Waals surface area contributed by atoms with Crippen LogP contribution in [0.3, 0.4) is 0 Å². The second kappa shape index (κ2) is 13.6. The van der Waals surface area contributed by atoms with Crippen molar-refractivity contribution in [2.45, 2.75) is 13.5 Å². The van der Waals surface area contributed by atoms with Crippen LogP contribution in [0.1, 0.15) is 33.2 Å². The lowest BCUT2D eigenvalue weighted by molar-refractivity contribution is -0.141. The van der Waals surface area contributed by atoms with Crippen LogP contribution in [0.4, 0.5) is 10.1 Å². The zero-order valence-electron chi connectivity index (χ0n) is 22.4. The number of benzene rings is 3. The summed E-state index contributed by atoms with van der Waals surface area (Å²) < 4.78 is 23.7. The molecule has 0 saturated carbocycles. The predicted octanol–water partition coefficient (Wildman–Crippen LogP) is 2.87. The number of esters is 1. The molecule has 0 radical (unpaired) electrons. The van der Waals surface area contributed by atoms with Gasteiger partial charge in [-0.25, -0.2) is 4.39 Å². The quantitative estimate of drug-likeness (QED) is 0.232. The van der Waals surface area contributed by atoms with Gasteiger partial charge in [-0.2, -0.15) is 0 Å². The van der Waals surface area contributed by atoms with E-state index < -0.39 is 42.0 Å². The van der Waals surface area contributed by atoms with Crippen molar-refractivity contribution in [3.05, 3.63) is 94.3 Å². The first-order valence-electron chi connectivity index (χ1n) is 12.7. The molecule has 0 saturated heterocycles. The lowest BCUT2D eigenvalue weighted by atomic mass is 10.1. The van der Waals surface area contributed by atoms with E-state index in [0.717, 1.165) is 6.07 Å². The van der Waals surface area contributed by atoms with Gasteiger partial charge in [-0.3, -0.25) is 39.7 Å². The van der Waals surface area contributed by atoms with Gasteiger partial charge in [0.05, 0.1) is 10.6 Å². The third-order valence-corrected chi connectivity index (χ3v) is 6.41. The normalized spacial score (nSPS) is 12.6. The number of rotatable bonds is 8. The van der Waals surface area contributed by atoms with Crippen LogP contribution >= 0.6 is 11.6 Å². The van der Waals surface area contributed by atoms with Gasteiger partial charge in [0.25, 0.3) is 17.7 Å². The molecule has 2 N–H and O–H groups in total. The fourth-order valence-corrected chi connectivity index (χ4v) is 4.39. The van der Waals surface area contributed by atoms with E-state index in [9.17, 15) is 28.4 Å². The molecule has 0 aromatic heterocycles. The van der Waals surface area contributed by atoms with Gasteiger partial charge in [0.15, 0.2) is 0 Å². The summed E-state index contributed by atoms with van der Waals surface area (Å²) in [5, 5.41) is 0.0874. The van der Waals surface area contributed by atoms with Gasteiger partial charge in [-0.1, -0.05) is 35.9 Å². The Morgan fingerprint density at radius 3 is 2.48 bits per heavy atom. The lowest BCUT2D eigenvalue weighted by Crippen LogP contribution is -2.48. The fourth-order valence-electron chi connectivity index (χ4n) is 4.14. The molecule has 4 rings (SSSR count). The van der Waals surface area contributed by atoms with Crippen LogP contribution in [-0.4, -0.2) is 60.8 Å². The van der Waals surface area contributed by atoms with E-state index in [1.54, 1.807) is 24.3 Å². The lowest BCUT2D eigenvalue weighted by Gasteiger charge is -2.23. The van der Waals surface area contributed by atoms with Crippen LogP contribution < -0.4 is 20.5 Å². The SMILES string of the molecule is CC(=O)OCCOc1ccc(C(=O)N2CC(=O)N(CC(=O)NNC(=O)c3cccc(F)c3)Cc3ccccc32)c(Cl)c1. The Labute approximate surface area is 245 Å². The number of hydrazine groups is 1. The molecule has 0 atom stereocenters. The van der Waals surface area contributed by atoms with Gasteiger partial charge >= 0.3 is 5.97 Å². The van der Waals surface area contributed by atoms with Gasteiger partial charge in [-0.05, 0) is 48.0 Å². The number of carbonyl (C=O) groups excluding carboxylic acids is 5. The summed E-state index contributed by atoms with van der Waals surface area (Å²) in [5.41, 5.74) is 5.61. The van der Waals surface area contributed by atoms with Crippen molar-refractivity contribution in [2.24, 2.45) is 0 Å². The fraction of sp³-hybridized carbons (Fsp3) is 0.207. The highest BCUT2D eigenvalue weighted by Crippen LogP contribution is 2.30. The molecule has 4 amide bonds. The maximum absolute atomic E-state index is 13.6. The van der Waals surface area contributed by atoms with Crippen LogP contribution in [0.5, 0.6) is 5.75 Å². The van der Waals surface area contributed by atoms with E-state index in [1.165, 1.54) is 53.1 Å². The molecule has 13 heteroatoms. The van der Waals surface area contributed by atoms with Crippen LogP contribution in [0.25, 0.3) is 0 Å². The summed E-state index contributed by atoms with van der Waals surface area (Å²) in [6.07, 6.45) is 0. The van der Waals surface area contributed by atoms with Gasteiger partial charge < -0.3 is 14.4 Å². The number of nitrogens with zero attached hydrogens (tertiary/aromatic N) is 2. The number of fused-ring (bicyclic) bond motifs is 1. The number of amides is 4. The maximum Gasteiger partial charge on any atom is 0.302 e. The first-order valence-corrected chi connectivity index (χ1v) is 13.1. The van der Waals surface area contributed by atoms with Crippen LogP contribution in [0, 0.1) is 5.82 Å². The molecule has 1 aliphatic rings. The number of halogens is 2. The second-order valence-corrected chi connectivity index (χ2v) is 9.52. The van der Waals surface area contributed by atoms with Gasteiger partial charge in [0.2, 0.25) is 5.91 Å². The van der Waals surface area contributed by atoms with E-state index in [1.807, 2.05) is 0 Å². The second-order valence-electron chi connectivity index (χ2n) is 9.11. The highest BCUT2D eigenvalue weighted by Gasteiger charge is 2.31. The summed E-state index contributed by atoms with van der Waals surface area (Å²) in [6, 6.07) is 16.3. The van der Waals surface area contributed by atoms with E-state index in [2.05, 4.69) is 10.9 Å². The molecule has 1 heterocycles. The maximum atomic E-state index is 13.6. The zero-order chi connectivity index (χ0) is 30.2. The molecule has 3 aromatic carbocycles. The number of nitrogens with one attached hydrogen (secondary N) is 2. The molecule has 0 unspecified atom stereocenters. The van der Waals surface area contributed by atoms with Crippen molar-refractivity contribution in [1.29, 1.82) is 0 Å². The Balaban J connectivity index is 1.44. The molecule has 0 spiro atoms. The van der Waals surface area contributed by atoms with Crippen LogP contribution in [-0.2, 0) is 25.7 Å². The molecule has 0 bridgehead atoms. The minimum Gasteiger partial charge on any atom is -0.490 e. The smallest absolute Gasteiger partial charge is 0.302 e. The van der Waals surface area contributed by atoms with Crippen LogP contribution in [0.15, 0.2) is 66.7 Å². The van der Waals surface area contributed by atoms with Crippen molar-refractivity contribution in [3.8, 4) is 5.75 Å². The monoisotopic (exact) mass is 596 g/mol. The Bertz CT molecular complexity index is 1530. The number of hydrogen-bond donors (Lipinski definition) is 2. The highest BCUT2D eigenvalue weighted by molar-refractivity contribution is 6.34. The molecular formula is C29H26ClFN4O7. The molecule has 218 valence electrons. The number of para-hydroxylation sites is 1. The largest absolute Gasteiger partial charge is 0.490 e. The molecule has 1 aliphatic heterocycles. The first kappa shape index (κ1) is 30.0. The van der Waals surface area contributed by atoms with Crippen molar-refractivity contribution in [3.63, 3.8) is 0 Å². The topological polar surface area (TPSA) is 134 Å². The summed E-state index contributed by atoms with van der Waals surface area (Å²) in [5.74, 6) is -3.17. The molecule has 0 fully saturated rings. The minimum atomic E-state index is -0.732. The Morgan fingerprint density at radius 1 is 0.952 bits per heavy atom. The number of ether oxygens (including phenoxy) is 2. The van der Waals surface area contributed by atoms with Crippen molar-refractivity contribution in [1.82, 2.24) is 15.8 Å². The number of hydrogen-bond acceptors (Lipinski definition) is 7. The summed E-state index contributed by atoms with van der Waals surface area (Å²) >= 11 is 6.41. The van der Waals surface area contributed by atoms with Gasteiger partial charge in [-0.15, -0.1) is 0 Å². The summed E-state index contributed by atoms with van der Waals surface area (Å²) in [7, 11) is 0. The van der Waals surface area contributed by atoms with Gasteiger partial charge in [0.1, 0.15) is 37.9 Å². The van der Waals surface area contributed by atoms with Crippen LogP contribution in [0.2, 0.25) is 5.02 Å². The molecule has 42 heavy (non-hydrogen) atoms. The molecular weight excluding hydrogens is 571 g/mol. The minimum absolute atomic E-state index is 0.00415. The molecule has 3 aromatic rings. The van der Waals surface area contributed by atoms with E-state index in [-0.39, 0.29) is 42.5 Å². The molecule has 0 aliphatic carbocycles. The Morgan fingerprint density at radius 2 is 1.74 bits per heavy atom. The van der Waals surface area contributed by atoms with Gasteiger partial charge in [0, 0.05) is 24.7 Å². The van der Waals surface area contributed by atoms with E-state index in [0.29, 0.717) is 17.0 Å². The third-order valence-electron chi connectivity index (χ3n) is 6.10. The first-order chi connectivity index (χ1) is 20.1. The Kier molecular flexibility index (Phi) is 9.71. The zero-order valence-corrected chi connectivity index (χ0v) is 23.2. The average Bonchev–Trinajstić information content (AvgIpc) is 3.09. The summed E-state index contributed by atoms with van der Waals surface area (Å²) in [6.45, 7) is 0.651. The summed E-state index contributed by atoms with van der Waals surface area (Å²) in [4.78, 5) is 65.1. The van der Waals surface area contributed by atoms with Crippen molar-refractivity contribution in [2.75, 3.05) is 31.2 Å². The van der Waals surface area contributed by atoms with E-state index >= 15 is 0 Å². The number of anilines is 1. The number of carbonyl (C=O) groups is 5. The molecule has 11 nitrogen and oxygen atoms in total. The third kappa shape index (κ3) is 7.61.